The van der Waals surface area contributed by atoms with Crippen LogP contribution in [0.1, 0.15) is 78.6 Å². The molecule has 0 unspecified atom stereocenters. The van der Waals surface area contributed by atoms with Crippen LogP contribution >= 0.6 is 15.9 Å². The van der Waals surface area contributed by atoms with Gasteiger partial charge >= 0.3 is 5.97 Å². The van der Waals surface area contributed by atoms with E-state index in [0.29, 0.717) is 28.6 Å². The smallest absolute Gasteiger partial charge is 0.325 e. The lowest BCUT2D eigenvalue weighted by Gasteiger charge is -2.15. The Kier molecular flexibility index (Phi) is 13.4. The molecule has 0 aliphatic heterocycles. The van der Waals surface area contributed by atoms with Crippen molar-refractivity contribution in [3.8, 4) is 11.5 Å². The molecule has 192 valence electrons. The SMILES string of the molecule is CCCCCCCCCCOc1ccc([N+]([O-])=Nc2ccc(OC(=O)[C@@H](Br)[C@@H](C)CC)cc2)cc1. The van der Waals surface area contributed by atoms with E-state index in [9.17, 15) is 10.0 Å². The van der Waals surface area contributed by atoms with Gasteiger partial charge in [0, 0.05) is 17.2 Å². The number of carbonyl (C=O) groups is 1. The third-order valence-corrected chi connectivity index (χ3v) is 7.23. The van der Waals surface area contributed by atoms with Gasteiger partial charge in [-0.3, -0.25) is 4.79 Å². The highest BCUT2D eigenvalue weighted by Gasteiger charge is 2.22. The van der Waals surface area contributed by atoms with Gasteiger partial charge in [0.25, 0.3) is 0 Å². The quantitative estimate of drug-likeness (QED) is 0.0400. The lowest BCUT2D eigenvalue weighted by molar-refractivity contribution is -0.435. The van der Waals surface area contributed by atoms with Gasteiger partial charge in [0.1, 0.15) is 22.0 Å². The molecule has 0 amide bonds. The van der Waals surface area contributed by atoms with Crippen LogP contribution in [0.2, 0.25) is 0 Å². The molecule has 2 rings (SSSR count). The van der Waals surface area contributed by atoms with Crippen molar-refractivity contribution in [1.29, 1.82) is 0 Å². The van der Waals surface area contributed by atoms with Crippen LogP contribution in [-0.2, 0) is 4.79 Å². The van der Waals surface area contributed by atoms with Crippen LogP contribution in [-0.4, -0.2) is 22.3 Å². The molecular weight excluding hydrogens is 508 g/mol. The summed E-state index contributed by atoms with van der Waals surface area (Å²) in [5, 5.41) is 16.5. The summed E-state index contributed by atoms with van der Waals surface area (Å²) in [5.74, 6) is 1.00. The van der Waals surface area contributed by atoms with E-state index in [0.717, 1.165) is 18.6 Å². The van der Waals surface area contributed by atoms with Crippen LogP contribution < -0.4 is 9.47 Å². The Morgan fingerprint density at radius 2 is 1.49 bits per heavy atom. The molecule has 0 fully saturated rings. The molecule has 0 spiro atoms. The van der Waals surface area contributed by atoms with Gasteiger partial charge in [-0.05, 0) is 48.7 Å². The first kappa shape index (κ1) is 28.8. The summed E-state index contributed by atoms with van der Waals surface area (Å²) < 4.78 is 11.2. The van der Waals surface area contributed by atoms with Crippen LogP contribution in [0.15, 0.2) is 53.6 Å². The molecule has 2 aromatic rings. The third-order valence-electron chi connectivity index (χ3n) is 5.95. The predicted octanol–water partition coefficient (Wildman–Crippen LogP) is 8.85. The van der Waals surface area contributed by atoms with E-state index in [4.69, 9.17) is 9.47 Å². The first-order valence-corrected chi connectivity index (χ1v) is 13.7. The molecule has 2 aromatic carbocycles. The average molecular weight is 548 g/mol. The fraction of sp³-hybridized carbons (Fsp3) is 0.536. The molecule has 0 radical (unpaired) electrons. The Labute approximate surface area is 218 Å². The van der Waals surface area contributed by atoms with E-state index in [2.05, 4.69) is 28.0 Å². The molecule has 0 bridgehead atoms. The van der Waals surface area contributed by atoms with Gasteiger partial charge in [0.2, 0.25) is 5.69 Å². The lowest BCUT2D eigenvalue weighted by atomic mass is 10.1. The summed E-state index contributed by atoms with van der Waals surface area (Å²) >= 11 is 3.39. The van der Waals surface area contributed by atoms with Crippen LogP contribution in [0.25, 0.3) is 0 Å². The normalized spacial score (nSPS) is 13.3. The average Bonchev–Trinajstić information content (AvgIpc) is 2.88. The van der Waals surface area contributed by atoms with Gasteiger partial charge in [0.15, 0.2) is 0 Å². The van der Waals surface area contributed by atoms with Crippen molar-refractivity contribution in [2.24, 2.45) is 11.0 Å². The second-order valence-electron chi connectivity index (χ2n) is 8.89. The van der Waals surface area contributed by atoms with E-state index >= 15 is 0 Å². The van der Waals surface area contributed by atoms with Gasteiger partial charge in [-0.2, -0.15) is 0 Å². The molecule has 7 heteroatoms. The molecule has 0 aliphatic carbocycles. The molecule has 0 saturated heterocycles. The maximum absolute atomic E-state index is 12.4. The monoisotopic (exact) mass is 546 g/mol. The van der Waals surface area contributed by atoms with Crippen molar-refractivity contribution in [1.82, 2.24) is 0 Å². The number of alkyl halides is 1. The Balaban J connectivity index is 1.78. The van der Waals surface area contributed by atoms with Crippen molar-refractivity contribution in [3.05, 3.63) is 53.7 Å². The number of nitrogens with zero attached hydrogens (tertiary/aromatic N) is 2. The first-order valence-electron chi connectivity index (χ1n) is 12.8. The van der Waals surface area contributed by atoms with E-state index < -0.39 is 0 Å². The summed E-state index contributed by atoms with van der Waals surface area (Å²) in [5.41, 5.74) is 0.878. The van der Waals surface area contributed by atoms with Gasteiger partial charge in [-0.15, -0.1) is 0 Å². The molecule has 0 N–H and O–H groups in total. The van der Waals surface area contributed by atoms with Gasteiger partial charge < -0.3 is 14.7 Å². The molecule has 0 saturated carbocycles. The number of rotatable bonds is 16. The number of ether oxygens (including phenoxy) is 2. The summed E-state index contributed by atoms with van der Waals surface area (Å²) in [7, 11) is 0. The maximum Gasteiger partial charge on any atom is 0.325 e. The minimum atomic E-state index is -0.360. The molecule has 0 aromatic heterocycles. The van der Waals surface area contributed by atoms with E-state index in [1.165, 1.54) is 44.9 Å². The van der Waals surface area contributed by atoms with Gasteiger partial charge in [-0.1, -0.05) is 92.9 Å². The minimum Gasteiger partial charge on any atom is -0.594 e. The molecule has 2 atom stereocenters. The number of hydrogen-bond acceptors (Lipinski definition) is 5. The zero-order chi connectivity index (χ0) is 25.5. The first-order chi connectivity index (χ1) is 16.9. The van der Waals surface area contributed by atoms with Crippen LogP contribution in [0, 0.1) is 11.1 Å². The van der Waals surface area contributed by atoms with E-state index in [1.54, 1.807) is 48.5 Å². The number of unbranched alkanes of at least 4 members (excludes halogenated alkanes) is 7. The molecule has 0 heterocycles. The Morgan fingerprint density at radius 3 is 2.09 bits per heavy atom. The summed E-state index contributed by atoms with van der Waals surface area (Å²) in [6.07, 6.45) is 11.0. The highest BCUT2D eigenvalue weighted by Crippen LogP contribution is 2.24. The largest absolute Gasteiger partial charge is 0.594 e. The fourth-order valence-corrected chi connectivity index (χ4v) is 3.92. The van der Waals surface area contributed by atoms with Crippen molar-refractivity contribution < 1.29 is 19.1 Å². The van der Waals surface area contributed by atoms with Gasteiger partial charge in [0.05, 0.1) is 6.61 Å². The number of carbonyl (C=O) groups excluding carboxylic acids is 1. The van der Waals surface area contributed by atoms with E-state index in [1.807, 2.05) is 13.8 Å². The number of hydrogen-bond donors (Lipinski definition) is 0. The zero-order valence-corrected chi connectivity index (χ0v) is 22.8. The molecule has 6 nitrogen and oxygen atoms in total. The Hall–Kier alpha value is -2.41. The van der Waals surface area contributed by atoms with Crippen molar-refractivity contribution in [3.63, 3.8) is 0 Å². The third kappa shape index (κ3) is 10.8. The topological polar surface area (TPSA) is 74.0 Å². The van der Waals surface area contributed by atoms with Crippen molar-refractivity contribution >= 4 is 33.3 Å². The summed E-state index contributed by atoms with van der Waals surface area (Å²) in [6, 6.07) is 13.5. The minimum absolute atomic E-state index is 0.174. The Bertz CT molecular complexity index is 900. The molecule has 0 aliphatic rings. The van der Waals surface area contributed by atoms with Crippen molar-refractivity contribution in [2.75, 3.05) is 6.61 Å². The molecule has 35 heavy (non-hydrogen) atoms. The predicted molar refractivity (Wildman–Crippen MR) is 144 cm³/mol. The Morgan fingerprint density at radius 1 is 0.914 bits per heavy atom. The van der Waals surface area contributed by atoms with Crippen molar-refractivity contribution in [2.45, 2.75) is 83.4 Å². The maximum atomic E-state index is 12.4. The van der Waals surface area contributed by atoms with Crippen LogP contribution in [0.5, 0.6) is 11.5 Å². The van der Waals surface area contributed by atoms with Gasteiger partial charge in [-0.25, -0.2) is 0 Å². The zero-order valence-electron chi connectivity index (χ0n) is 21.2. The summed E-state index contributed by atoms with van der Waals surface area (Å²) in [4.78, 5) is 12.4. The lowest BCUT2D eigenvalue weighted by Crippen LogP contribution is -2.26. The molecular formula is C28H39BrN2O4. The standard InChI is InChI=1S/C28H39BrN2O4/c1-4-6-7-8-9-10-11-12-21-34-25-19-15-24(16-20-25)31(33)30-23-13-17-26(18-14-23)35-28(32)27(29)22(3)5-2/h13-20,22,27H,4-12,21H2,1-3H3/t22-,27-/m0/s1. The second kappa shape index (κ2) is 16.3. The number of esters is 1. The fourth-order valence-electron chi connectivity index (χ4n) is 3.45. The number of halogens is 1. The highest BCUT2D eigenvalue weighted by atomic mass is 79.9. The second-order valence-corrected chi connectivity index (χ2v) is 9.88. The van der Waals surface area contributed by atoms with Crippen LogP contribution in [0.3, 0.4) is 0 Å². The number of azo groups is 1. The number of benzene rings is 2. The van der Waals surface area contributed by atoms with E-state index in [-0.39, 0.29) is 16.7 Å². The van der Waals surface area contributed by atoms with Crippen LogP contribution in [0.4, 0.5) is 11.4 Å². The summed E-state index contributed by atoms with van der Waals surface area (Å²) in [6.45, 7) is 6.93. The highest BCUT2D eigenvalue weighted by molar-refractivity contribution is 9.10.